The fourth-order valence-electron chi connectivity index (χ4n) is 2.93. The van der Waals surface area contributed by atoms with E-state index >= 15 is 0 Å². The van der Waals surface area contributed by atoms with Crippen LogP contribution in [0, 0.1) is 13.8 Å². The minimum atomic E-state index is 1.13. The molecule has 2 rings (SSSR count). The summed E-state index contributed by atoms with van der Waals surface area (Å²) in [6.45, 7) is 8.87. The first-order chi connectivity index (χ1) is 9.63. The SMILES string of the molecule is CCc1ccc(C)cc1CCc1cc(C)ccc1CC. The van der Waals surface area contributed by atoms with Crippen LogP contribution in [0.2, 0.25) is 0 Å². The van der Waals surface area contributed by atoms with Gasteiger partial charge in [-0.05, 0) is 61.8 Å². The van der Waals surface area contributed by atoms with E-state index in [4.69, 9.17) is 0 Å². The summed E-state index contributed by atoms with van der Waals surface area (Å²) in [4.78, 5) is 0. The molecule has 0 heteroatoms. The fourth-order valence-corrected chi connectivity index (χ4v) is 2.93. The van der Waals surface area contributed by atoms with Gasteiger partial charge in [-0.1, -0.05) is 61.4 Å². The Labute approximate surface area is 123 Å². The Morgan fingerprint density at radius 3 is 1.35 bits per heavy atom. The molecule has 0 nitrogen and oxygen atoms in total. The summed E-state index contributed by atoms with van der Waals surface area (Å²) >= 11 is 0. The summed E-state index contributed by atoms with van der Waals surface area (Å²) in [6, 6.07) is 13.8. The third-order valence-electron chi connectivity index (χ3n) is 4.15. The number of hydrogen-bond acceptors (Lipinski definition) is 0. The van der Waals surface area contributed by atoms with Crippen LogP contribution in [0.4, 0.5) is 0 Å². The first-order valence-electron chi connectivity index (χ1n) is 7.80. The van der Waals surface area contributed by atoms with Gasteiger partial charge in [-0.15, -0.1) is 0 Å². The third kappa shape index (κ3) is 3.50. The molecule has 0 spiro atoms. The van der Waals surface area contributed by atoms with Gasteiger partial charge in [0.05, 0.1) is 0 Å². The molecule has 0 bridgehead atoms. The third-order valence-corrected chi connectivity index (χ3v) is 4.15. The van der Waals surface area contributed by atoms with Crippen molar-refractivity contribution < 1.29 is 0 Å². The van der Waals surface area contributed by atoms with Gasteiger partial charge in [0.25, 0.3) is 0 Å². The molecule has 0 saturated heterocycles. The predicted octanol–water partition coefficient (Wildman–Crippen LogP) is 5.21. The average Bonchev–Trinajstić information content (AvgIpc) is 2.45. The first-order valence-corrected chi connectivity index (χ1v) is 7.80. The van der Waals surface area contributed by atoms with E-state index in [0.717, 1.165) is 25.7 Å². The van der Waals surface area contributed by atoms with Crippen LogP contribution in [-0.2, 0) is 25.7 Å². The lowest BCUT2D eigenvalue weighted by Gasteiger charge is -2.12. The molecule has 0 heterocycles. The molecule has 0 saturated carbocycles. The Kier molecular flexibility index (Phi) is 5.00. The van der Waals surface area contributed by atoms with E-state index in [1.807, 2.05) is 0 Å². The Morgan fingerprint density at radius 1 is 0.600 bits per heavy atom. The van der Waals surface area contributed by atoms with Crippen molar-refractivity contribution >= 4 is 0 Å². The second kappa shape index (κ2) is 6.74. The largest absolute Gasteiger partial charge is 0.0613 e. The van der Waals surface area contributed by atoms with Crippen LogP contribution in [0.15, 0.2) is 36.4 Å². The van der Waals surface area contributed by atoms with E-state index in [1.54, 1.807) is 0 Å². The monoisotopic (exact) mass is 266 g/mol. The highest BCUT2D eigenvalue weighted by Crippen LogP contribution is 2.19. The van der Waals surface area contributed by atoms with Crippen molar-refractivity contribution in [1.29, 1.82) is 0 Å². The molecule has 0 radical (unpaired) electrons. The molecular formula is C20H26. The highest BCUT2D eigenvalue weighted by Gasteiger charge is 2.05. The normalized spacial score (nSPS) is 10.8. The molecule has 0 aliphatic rings. The minimum absolute atomic E-state index is 1.13. The smallest absolute Gasteiger partial charge is 0.0235 e. The summed E-state index contributed by atoms with van der Waals surface area (Å²) in [5.41, 5.74) is 8.80. The molecule has 0 aliphatic carbocycles. The predicted molar refractivity (Wildman–Crippen MR) is 88.5 cm³/mol. The molecule has 0 amide bonds. The molecule has 20 heavy (non-hydrogen) atoms. The maximum Gasteiger partial charge on any atom is -0.0235 e. The lowest BCUT2D eigenvalue weighted by Crippen LogP contribution is -2.00. The highest BCUT2D eigenvalue weighted by molar-refractivity contribution is 5.35. The van der Waals surface area contributed by atoms with Gasteiger partial charge < -0.3 is 0 Å². The van der Waals surface area contributed by atoms with E-state index < -0.39 is 0 Å². The van der Waals surface area contributed by atoms with Gasteiger partial charge in [-0.25, -0.2) is 0 Å². The Morgan fingerprint density at radius 2 is 1.00 bits per heavy atom. The van der Waals surface area contributed by atoms with Crippen molar-refractivity contribution in [2.24, 2.45) is 0 Å². The molecule has 2 aromatic carbocycles. The van der Waals surface area contributed by atoms with Crippen LogP contribution in [-0.4, -0.2) is 0 Å². The van der Waals surface area contributed by atoms with Crippen molar-refractivity contribution in [3.8, 4) is 0 Å². The van der Waals surface area contributed by atoms with Crippen LogP contribution >= 0.6 is 0 Å². The lowest BCUT2D eigenvalue weighted by atomic mass is 9.93. The molecule has 0 fully saturated rings. The Bertz CT molecular complexity index is 525. The van der Waals surface area contributed by atoms with Crippen LogP contribution < -0.4 is 0 Å². The van der Waals surface area contributed by atoms with Gasteiger partial charge in [0.1, 0.15) is 0 Å². The summed E-state index contributed by atoms with van der Waals surface area (Å²) in [5, 5.41) is 0. The second-order valence-corrected chi connectivity index (χ2v) is 5.75. The zero-order valence-electron chi connectivity index (χ0n) is 13.3. The zero-order valence-corrected chi connectivity index (χ0v) is 13.3. The summed E-state index contributed by atoms with van der Waals surface area (Å²) in [5.74, 6) is 0. The second-order valence-electron chi connectivity index (χ2n) is 5.75. The Hall–Kier alpha value is -1.56. The van der Waals surface area contributed by atoms with Crippen LogP contribution in [0.25, 0.3) is 0 Å². The topological polar surface area (TPSA) is 0 Å². The van der Waals surface area contributed by atoms with Crippen LogP contribution in [0.5, 0.6) is 0 Å². The van der Waals surface area contributed by atoms with Crippen molar-refractivity contribution in [3.05, 3.63) is 69.8 Å². The van der Waals surface area contributed by atoms with E-state index in [2.05, 4.69) is 64.1 Å². The van der Waals surface area contributed by atoms with Gasteiger partial charge in [-0.2, -0.15) is 0 Å². The molecular weight excluding hydrogens is 240 g/mol. The molecule has 0 unspecified atom stereocenters. The number of benzene rings is 2. The number of hydrogen-bond donors (Lipinski definition) is 0. The van der Waals surface area contributed by atoms with Crippen LogP contribution in [0.1, 0.15) is 47.2 Å². The maximum absolute atomic E-state index is 2.36. The maximum atomic E-state index is 2.36. The van der Waals surface area contributed by atoms with Gasteiger partial charge in [0.15, 0.2) is 0 Å². The van der Waals surface area contributed by atoms with E-state index in [9.17, 15) is 0 Å². The minimum Gasteiger partial charge on any atom is -0.0613 e. The van der Waals surface area contributed by atoms with Gasteiger partial charge in [0.2, 0.25) is 0 Å². The van der Waals surface area contributed by atoms with Crippen molar-refractivity contribution in [1.82, 2.24) is 0 Å². The van der Waals surface area contributed by atoms with Crippen molar-refractivity contribution in [2.75, 3.05) is 0 Å². The van der Waals surface area contributed by atoms with Crippen LogP contribution in [0.3, 0.4) is 0 Å². The zero-order chi connectivity index (χ0) is 14.5. The molecule has 0 atom stereocenters. The van der Waals surface area contributed by atoms with E-state index in [-0.39, 0.29) is 0 Å². The van der Waals surface area contributed by atoms with Crippen molar-refractivity contribution in [3.63, 3.8) is 0 Å². The van der Waals surface area contributed by atoms with Gasteiger partial charge >= 0.3 is 0 Å². The molecule has 106 valence electrons. The molecule has 2 aromatic rings. The van der Waals surface area contributed by atoms with E-state index in [0.29, 0.717) is 0 Å². The molecule has 0 aliphatic heterocycles. The highest BCUT2D eigenvalue weighted by atomic mass is 14.1. The quantitative estimate of drug-likeness (QED) is 0.696. The molecule has 0 aromatic heterocycles. The standard InChI is InChI=1S/C20H26/c1-5-17-9-7-15(3)13-19(17)11-12-20-14-16(4)8-10-18(20)6-2/h7-10,13-14H,5-6,11-12H2,1-4H3. The van der Waals surface area contributed by atoms with Crippen molar-refractivity contribution in [2.45, 2.75) is 53.4 Å². The number of rotatable bonds is 5. The summed E-state index contributed by atoms with van der Waals surface area (Å²) < 4.78 is 0. The first kappa shape index (κ1) is 14.8. The molecule has 0 N–H and O–H groups in total. The Balaban J connectivity index is 2.20. The lowest BCUT2D eigenvalue weighted by molar-refractivity contribution is 0.906. The van der Waals surface area contributed by atoms with Gasteiger partial charge in [-0.3, -0.25) is 0 Å². The summed E-state index contributed by atoms with van der Waals surface area (Å²) in [7, 11) is 0. The number of aryl methyl sites for hydroxylation is 6. The van der Waals surface area contributed by atoms with E-state index in [1.165, 1.54) is 33.4 Å². The van der Waals surface area contributed by atoms with Gasteiger partial charge in [0, 0.05) is 0 Å². The average molecular weight is 266 g/mol. The summed E-state index contributed by atoms with van der Waals surface area (Å²) in [6.07, 6.45) is 4.57. The fraction of sp³-hybridized carbons (Fsp3) is 0.400.